The molecule has 1 saturated heterocycles. The fraction of sp³-hybridized carbons (Fsp3) is 0.278. The first-order chi connectivity index (χ1) is 11.1. The molecule has 0 aromatic heterocycles. The number of halogens is 1. The third-order valence-electron chi connectivity index (χ3n) is 4.10. The van der Waals surface area contributed by atoms with E-state index >= 15 is 0 Å². The van der Waals surface area contributed by atoms with Crippen molar-refractivity contribution in [3.05, 3.63) is 59.1 Å². The van der Waals surface area contributed by atoms with Gasteiger partial charge in [-0.25, -0.2) is 4.79 Å². The third kappa shape index (κ3) is 3.77. The lowest BCUT2D eigenvalue weighted by Crippen LogP contribution is -2.50. The summed E-state index contributed by atoms with van der Waals surface area (Å²) in [6.45, 7) is 5.22. The number of nitrogens with zero attached hydrogens (tertiary/aromatic N) is 2. The molecule has 1 fully saturated rings. The maximum absolute atomic E-state index is 12.3. The van der Waals surface area contributed by atoms with Crippen LogP contribution in [-0.4, -0.2) is 37.1 Å². The van der Waals surface area contributed by atoms with Gasteiger partial charge in [-0.15, -0.1) is 0 Å². The molecule has 0 radical (unpaired) electrons. The number of urea groups is 1. The number of amides is 2. The van der Waals surface area contributed by atoms with E-state index in [1.165, 1.54) is 11.3 Å². The van der Waals surface area contributed by atoms with Crippen molar-refractivity contribution in [3.63, 3.8) is 0 Å². The minimum atomic E-state index is -0.0725. The Morgan fingerprint density at radius 3 is 2.48 bits per heavy atom. The molecule has 23 heavy (non-hydrogen) atoms. The summed E-state index contributed by atoms with van der Waals surface area (Å²) < 4.78 is 0. The molecule has 1 N–H and O–H groups in total. The normalized spacial score (nSPS) is 14.7. The number of hydrogen-bond acceptors (Lipinski definition) is 2. The van der Waals surface area contributed by atoms with Crippen LogP contribution in [0.15, 0.2) is 48.5 Å². The third-order valence-corrected chi connectivity index (χ3v) is 4.33. The van der Waals surface area contributed by atoms with E-state index in [0.29, 0.717) is 18.1 Å². The highest BCUT2D eigenvalue weighted by atomic mass is 35.5. The molecule has 2 aromatic rings. The van der Waals surface area contributed by atoms with Gasteiger partial charge in [0, 0.05) is 42.6 Å². The smallest absolute Gasteiger partial charge is 0.321 e. The van der Waals surface area contributed by atoms with Gasteiger partial charge in [-0.2, -0.15) is 0 Å². The summed E-state index contributed by atoms with van der Waals surface area (Å²) in [4.78, 5) is 16.5. The van der Waals surface area contributed by atoms with E-state index in [1.54, 1.807) is 12.1 Å². The number of carbonyl (C=O) groups is 1. The van der Waals surface area contributed by atoms with Crippen molar-refractivity contribution in [1.29, 1.82) is 0 Å². The van der Waals surface area contributed by atoms with Crippen molar-refractivity contribution >= 4 is 29.0 Å². The molecule has 120 valence electrons. The van der Waals surface area contributed by atoms with Crippen LogP contribution in [0.4, 0.5) is 16.2 Å². The largest absolute Gasteiger partial charge is 0.368 e. The zero-order chi connectivity index (χ0) is 16.2. The number of piperazine rings is 1. The van der Waals surface area contributed by atoms with Crippen molar-refractivity contribution < 1.29 is 4.79 Å². The molecule has 3 rings (SSSR count). The monoisotopic (exact) mass is 329 g/mol. The topological polar surface area (TPSA) is 35.6 Å². The Morgan fingerprint density at radius 2 is 1.78 bits per heavy atom. The number of aryl methyl sites for hydroxylation is 1. The van der Waals surface area contributed by atoms with Crippen molar-refractivity contribution in [2.45, 2.75) is 6.92 Å². The standard InChI is InChI=1S/C18H20ClN3O/c1-14-5-2-3-8-17(14)21-9-11-22(12-10-21)18(23)20-16-7-4-6-15(19)13-16/h2-8,13H,9-12H2,1H3,(H,20,23). The number of benzene rings is 2. The van der Waals surface area contributed by atoms with E-state index in [9.17, 15) is 4.79 Å². The molecule has 1 aliphatic heterocycles. The molecule has 1 heterocycles. The first-order valence-corrected chi connectivity index (χ1v) is 8.13. The van der Waals surface area contributed by atoms with E-state index in [2.05, 4.69) is 35.3 Å². The van der Waals surface area contributed by atoms with Crippen LogP contribution in [0.3, 0.4) is 0 Å². The van der Waals surface area contributed by atoms with E-state index in [4.69, 9.17) is 11.6 Å². The SMILES string of the molecule is Cc1ccccc1N1CCN(C(=O)Nc2cccc(Cl)c2)CC1. The van der Waals surface area contributed by atoms with Crippen LogP contribution in [0.25, 0.3) is 0 Å². The zero-order valence-electron chi connectivity index (χ0n) is 13.1. The van der Waals surface area contributed by atoms with E-state index in [0.717, 1.165) is 18.8 Å². The van der Waals surface area contributed by atoms with Gasteiger partial charge in [-0.05, 0) is 36.8 Å². The van der Waals surface area contributed by atoms with Crippen molar-refractivity contribution in [1.82, 2.24) is 4.90 Å². The maximum atomic E-state index is 12.3. The van der Waals surface area contributed by atoms with Gasteiger partial charge in [0.25, 0.3) is 0 Å². The number of carbonyl (C=O) groups excluding carboxylic acids is 1. The lowest BCUT2D eigenvalue weighted by atomic mass is 10.1. The molecule has 0 aliphatic carbocycles. The molecule has 4 nitrogen and oxygen atoms in total. The van der Waals surface area contributed by atoms with Crippen LogP contribution in [0.2, 0.25) is 5.02 Å². The molecule has 0 unspecified atom stereocenters. The maximum Gasteiger partial charge on any atom is 0.321 e. The Bertz CT molecular complexity index is 696. The van der Waals surface area contributed by atoms with Crippen molar-refractivity contribution in [2.24, 2.45) is 0 Å². The van der Waals surface area contributed by atoms with Crippen LogP contribution in [0.5, 0.6) is 0 Å². The lowest BCUT2D eigenvalue weighted by molar-refractivity contribution is 0.208. The molecule has 5 heteroatoms. The van der Waals surface area contributed by atoms with Crippen LogP contribution < -0.4 is 10.2 Å². The van der Waals surface area contributed by atoms with Crippen LogP contribution >= 0.6 is 11.6 Å². The first kappa shape index (κ1) is 15.7. The molecule has 1 aliphatic rings. The van der Waals surface area contributed by atoms with Crippen molar-refractivity contribution in [2.75, 3.05) is 36.4 Å². The molecule has 0 atom stereocenters. The second-order valence-electron chi connectivity index (χ2n) is 5.70. The molecular formula is C18H20ClN3O. The summed E-state index contributed by atoms with van der Waals surface area (Å²) in [6, 6.07) is 15.5. The number of hydrogen-bond donors (Lipinski definition) is 1. The molecule has 0 bridgehead atoms. The van der Waals surface area contributed by atoms with Gasteiger partial charge in [0.15, 0.2) is 0 Å². The van der Waals surface area contributed by atoms with Gasteiger partial charge < -0.3 is 15.1 Å². The number of rotatable bonds is 2. The summed E-state index contributed by atoms with van der Waals surface area (Å²) in [6.07, 6.45) is 0. The predicted molar refractivity (Wildman–Crippen MR) is 95.4 cm³/mol. The number of para-hydroxylation sites is 1. The van der Waals surface area contributed by atoms with E-state index < -0.39 is 0 Å². The van der Waals surface area contributed by atoms with Crippen molar-refractivity contribution in [3.8, 4) is 0 Å². The highest BCUT2D eigenvalue weighted by Crippen LogP contribution is 2.21. The Kier molecular flexibility index (Phi) is 4.72. The average molecular weight is 330 g/mol. The molecule has 0 spiro atoms. The van der Waals surface area contributed by atoms with Gasteiger partial charge in [-0.1, -0.05) is 35.9 Å². The van der Waals surface area contributed by atoms with E-state index in [-0.39, 0.29) is 6.03 Å². The van der Waals surface area contributed by atoms with Gasteiger partial charge in [0.1, 0.15) is 0 Å². The van der Waals surface area contributed by atoms with E-state index in [1.807, 2.05) is 23.1 Å². The van der Waals surface area contributed by atoms with Gasteiger partial charge in [-0.3, -0.25) is 0 Å². The Labute approximate surface area is 141 Å². The average Bonchev–Trinajstić information content (AvgIpc) is 2.55. The van der Waals surface area contributed by atoms with Crippen LogP contribution in [0.1, 0.15) is 5.56 Å². The Balaban J connectivity index is 1.58. The quantitative estimate of drug-likeness (QED) is 0.903. The predicted octanol–water partition coefficient (Wildman–Crippen LogP) is 4.00. The second-order valence-corrected chi connectivity index (χ2v) is 6.14. The summed E-state index contributed by atoms with van der Waals surface area (Å²) in [5.41, 5.74) is 3.25. The summed E-state index contributed by atoms with van der Waals surface area (Å²) in [5.74, 6) is 0. The lowest BCUT2D eigenvalue weighted by Gasteiger charge is -2.36. The molecule has 2 aromatic carbocycles. The minimum absolute atomic E-state index is 0.0725. The van der Waals surface area contributed by atoms with Gasteiger partial charge in [0.2, 0.25) is 0 Å². The van der Waals surface area contributed by atoms with Gasteiger partial charge >= 0.3 is 6.03 Å². The highest BCUT2D eigenvalue weighted by molar-refractivity contribution is 6.30. The summed E-state index contributed by atoms with van der Waals surface area (Å²) in [5, 5.41) is 3.52. The molecule has 0 saturated carbocycles. The minimum Gasteiger partial charge on any atom is -0.368 e. The zero-order valence-corrected chi connectivity index (χ0v) is 13.9. The molecular weight excluding hydrogens is 310 g/mol. The number of anilines is 2. The highest BCUT2D eigenvalue weighted by Gasteiger charge is 2.22. The Morgan fingerprint density at radius 1 is 1.04 bits per heavy atom. The fourth-order valence-corrected chi connectivity index (χ4v) is 3.03. The summed E-state index contributed by atoms with van der Waals surface area (Å²) in [7, 11) is 0. The Hall–Kier alpha value is -2.20. The fourth-order valence-electron chi connectivity index (χ4n) is 2.84. The van der Waals surface area contributed by atoms with Crippen LogP contribution in [0, 0.1) is 6.92 Å². The molecule has 2 amide bonds. The van der Waals surface area contributed by atoms with Gasteiger partial charge in [0.05, 0.1) is 0 Å². The summed E-state index contributed by atoms with van der Waals surface area (Å²) >= 11 is 5.94. The second kappa shape index (κ2) is 6.92. The first-order valence-electron chi connectivity index (χ1n) is 7.75. The number of nitrogens with one attached hydrogen (secondary N) is 1. The van der Waals surface area contributed by atoms with Crippen LogP contribution in [-0.2, 0) is 0 Å².